The molecule has 0 saturated carbocycles. The smallest absolute Gasteiger partial charge is 0.408 e. The van der Waals surface area contributed by atoms with Gasteiger partial charge < -0.3 is 24.9 Å². The molecule has 0 heterocycles. The van der Waals surface area contributed by atoms with E-state index in [0.717, 1.165) is 5.56 Å². The number of amides is 2. The van der Waals surface area contributed by atoms with Gasteiger partial charge in [-0.3, -0.25) is 0 Å². The van der Waals surface area contributed by atoms with Gasteiger partial charge in [-0.15, -0.1) is 0 Å². The van der Waals surface area contributed by atoms with E-state index in [-0.39, 0.29) is 6.61 Å². The number of alkyl carbamates (subject to hydrolysis) is 2. The molecule has 25 heavy (non-hydrogen) atoms. The Morgan fingerprint density at radius 3 is 2.44 bits per heavy atom. The minimum absolute atomic E-state index is 0.198. The lowest BCUT2D eigenvalue weighted by Gasteiger charge is -2.21. The molecule has 0 radical (unpaired) electrons. The maximum absolute atomic E-state index is 11.6. The second-order valence-electron chi connectivity index (χ2n) is 6.52. The summed E-state index contributed by atoms with van der Waals surface area (Å²) in [6, 6.07) is 8.70. The third-order valence-corrected chi connectivity index (χ3v) is 3.04. The number of ether oxygens (including phenoxy) is 2. The fourth-order valence-electron chi connectivity index (χ4n) is 1.92. The molecule has 1 aromatic carbocycles. The predicted octanol–water partition coefficient (Wildman–Crippen LogP) is 2.79. The zero-order chi connectivity index (χ0) is 18.7. The first-order chi connectivity index (χ1) is 11.8. The van der Waals surface area contributed by atoms with Crippen LogP contribution in [-0.2, 0) is 20.9 Å². The van der Waals surface area contributed by atoms with Gasteiger partial charge in [0.15, 0.2) is 0 Å². The molecule has 0 unspecified atom stereocenters. The molecule has 7 heteroatoms. The number of benzene rings is 1. The fraction of sp³-hybridized carbons (Fsp3) is 0.500. The third kappa shape index (κ3) is 10.0. The van der Waals surface area contributed by atoms with Crippen molar-refractivity contribution >= 4 is 18.5 Å². The first-order valence-electron chi connectivity index (χ1n) is 8.19. The van der Waals surface area contributed by atoms with Gasteiger partial charge in [0.25, 0.3) is 0 Å². The topological polar surface area (TPSA) is 93.7 Å². The second-order valence-corrected chi connectivity index (χ2v) is 6.52. The number of hydrogen-bond acceptors (Lipinski definition) is 5. The van der Waals surface area contributed by atoms with Crippen molar-refractivity contribution in [1.82, 2.24) is 10.6 Å². The Labute approximate surface area is 148 Å². The number of rotatable bonds is 8. The molecule has 2 N–H and O–H groups in total. The van der Waals surface area contributed by atoms with E-state index in [0.29, 0.717) is 25.7 Å². The molecular weight excluding hydrogens is 324 g/mol. The van der Waals surface area contributed by atoms with Crippen molar-refractivity contribution in [3.05, 3.63) is 35.9 Å². The van der Waals surface area contributed by atoms with Gasteiger partial charge in [-0.2, -0.15) is 0 Å². The lowest BCUT2D eigenvalue weighted by Crippen LogP contribution is -2.40. The average Bonchev–Trinajstić information content (AvgIpc) is 2.55. The van der Waals surface area contributed by atoms with E-state index >= 15 is 0 Å². The van der Waals surface area contributed by atoms with E-state index in [9.17, 15) is 14.4 Å². The van der Waals surface area contributed by atoms with Crippen LogP contribution < -0.4 is 10.6 Å². The molecular formula is C18H26N2O5. The average molecular weight is 350 g/mol. The lowest BCUT2D eigenvalue weighted by atomic mass is 10.2. The van der Waals surface area contributed by atoms with Crippen molar-refractivity contribution in [2.75, 3.05) is 6.54 Å². The van der Waals surface area contributed by atoms with Gasteiger partial charge in [0, 0.05) is 6.54 Å². The lowest BCUT2D eigenvalue weighted by molar-refractivity contribution is -0.109. The summed E-state index contributed by atoms with van der Waals surface area (Å²) in [5.41, 5.74) is 0.280. The Morgan fingerprint density at radius 2 is 1.84 bits per heavy atom. The standard InChI is InChI=1S/C18H26N2O5/c1-18(2,3)25-17(23)20-15(12-21)10-7-11-19-16(22)24-13-14-8-5-4-6-9-14/h4-6,8-9,12,15H,7,10-11,13H2,1-3H3,(H,19,22)(H,20,23)/t15-/m0/s1. The first-order valence-corrected chi connectivity index (χ1v) is 8.19. The largest absolute Gasteiger partial charge is 0.445 e. The summed E-state index contributed by atoms with van der Waals surface area (Å²) in [6.07, 6.45) is 0.394. The maximum Gasteiger partial charge on any atom is 0.408 e. The molecule has 1 rings (SSSR count). The van der Waals surface area contributed by atoms with E-state index in [1.807, 2.05) is 30.3 Å². The Morgan fingerprint density at radius 1 is 1.16 bits per heavy atom. The van der Waals surface area contributed by atoms with Crippen molar-refractivity contribution in [1.29, 1.82) is 0 Å². The molecule has 0 spiro atoms. The Kier molecular flexibility index (Phi) is 8.46. The van der Waals surface area contributed by atoms with Gasteiger partial charge in [-0.25, -0.2) is 9.59 Å². The summed E-state index contributed by atoms with van der Waals surface area (Å²) in [6.45, 7) is 5.77. The minimum atomic E-state index is -0.656. The molecule has 2 amide bonds. The van der Waals surface area contributed by atoms with E-state index in [2.05, 4.69) is 10.6 Å². The summed E-state index contributed by atoms with van der Waals surface area (Å²) < 4.78 is 10.2. The first kappa shape index (κ1) is 20.5. The van der Waals surface area contributed by atoms with E-state index in [4.69, 9.17) is 9.47 Å². The number of nitrogens with one attached hydrogen (secondary N) is 2. The molecule has 7 nitrogen and oxygen atoms in total. The van der Waals surface area contributed by atoms with Gasteiger partial charge in [0.05, 0.1) is 6.04 Å². The highest BCUT2D eigenvalue weighted by Crippen LogP contribution is 2.07. The summed E-state index contributed by atoms with van der Waals surface area (Å²) in [4.78, 5) is 34.2. The van der Waals surface area contributed by atoms with Crippen LogP contribution in [-0.4, -0.2) is 36.7 Å². The summed E-state index contributed by atoms with van der Waals surface area (Å²) in [7, 11) is 0. The highest BCUT2D eigenvalue weighted by molar-refractivity contribution is 5.73. The Hall–Kier alpha value is -2.57. The van der Waals surface area contributed by atoms with Crippen molar-refractivity contribution in [3.8, 4) is 0 Å². The quantitative estimate of drug-likeness (QED) is 0.555. The van der Waals surface area contributed by atoms with Crippen molar-refractivity contribution in [2.24, 2.45) is 0 Å². The van der Waals surface area contributed by atoms with Gasteiger partial charge in [0.1, 0.15) is 18.5 Å². The zero-order valence-corrected chi connectivity index (χ0v) is 14.9. The molecule has 0 bridgehead atoms. The SMILES string of the molecule is CC(C)(C)OC(=O)N[C@H](C=O)CCCNC(=O)OCc1ccccc1. The summed E-state index contributed by atoms with van der Waals surface area (Å²) in [5, 5.41) is 5.09. The van der Waals surface area contributed by atoms with E-state index < -0.39 is 23.8 Å². The monoisotopic (exact) mass is 350 g/mol. The summed E-state index contributed by atoms with van der Waals surface area (Å²) >= 11 is 0. The van der Waals surface area contributed by atoms with Crippen molar-refractivity contribution in [2.45, 2.75) is 51.9 Å². The highest BCUT2D eigenvalue weighted by Gasteiger charge is 2.19. The number of carbonyl (C=O) groups is 3. The fourth-order valence-corrected chi connectivity index (χ4v) is 1.92. The Bertz CT molecular complexity index is 554. The van der Waals surface area contributed by atoms with Crippen LogP contribution in [0.1, 0.15) is 39.2 Å². The third-order valence-electron chi connectivity index (χ3n) is 3.04. The number of hydrogen-bond donors (Lipinski definition) is 2. The van der Waals surface area contributed by atoms with Crippen LogP contribution in [0.25, 0.3) is 0 Å². The van der Waals surface area contributed by atoms with Crippen molar-refractivity contribution in [3.63, 3.8) is 0 Å². The number of aldehydes is 1. The van der Waals surface area contributed by atoms with Gasteiger partial charge in [-0.1, -0.05) is 30.3 Å². The van der Waals surface area contributed by atoms with E-state index in [1.54, 1.807) is 20.8 Å². The van der Waals surface area contributed by atoms with Gasteiger partial charge in [-0.05, 0) is 39.2 Å². The van der Waals surface area contributed by atoms with Crippen LogP contribution in [0, 0.1) is 0 Å². The van der Waals surface area contributed by atoms with Crippen LogP contribution in [0.5, 0.6) is 0 Å². The van der Waals surface area contributed by atoms with Gasteiger partial charge in [0.2, 0.25) is 0 Å². The predicted molar refractivity (Wildman–Crippen MR) is 93.1 cm³/mol. The number of carbonyl (C=O) groups excluding carboxylic acids is 3. The van der Waals surface area contributed by atoms with Gasteiger partial charge >= 0.3 is 12.2 Å². The Balaban J connectivity index is 2.18. The second kappa shape index (κ2) is 10.3. The van der Waals surface area contributed by atoms with Crippen LogP contribution in [0.4, 0.5) is 9.59 Å². The molecule has 1 atom stereocenters. The van der Waals surface area contributed by atoms with E-state index in [1.165, 1.54) is 0 Å². The summed E-state index contributed by atoms with van der Waals surface area (Å²) in [5.74, 6) is 0. The maximum atomic E-state index is 11.6. The molecule has 0 aliphatic rings. The molecule has 0 saturated heterocycles. The molecule has 0 aromatic heterocycles. The molecule has 0 aliphatic heterocycles. The molecule has 138 valence electrons. The zero-order valence-electron chi connectivity index (χ0n) is 14.9. The van der Waals surface area contributed by atoms with Crippen LogP contribution in [0.2, 0.25) is 0 Å². The van der Waals surface area contributed by atoms with Crippen LogP contribution in [0.3, 0.4) is 0 Å². The molecule has 1 aromatic rings. The van der Waals surface area contributed by atoms with Crippen LogP contribution >= 0.6 is 0 Å². The van der Waals surface area contributed by atoms with Crippen LogP contribution in [0.15, 0.2) is 30.3 Å². The molecule has 0 fully saturated rings. The normalized spacial score (nSPS) is 12.0. The minimum Gasteiger partial charge on any atom is -0.445 e. The van der Waals surface area contributed by atoms with Crippen molar-refractivity contribution < 1.29 is 23.9 Å². The highest BCUT2D eigenvalue weighted by atomic mass is 16.6. The molecule has 0 aliphatic carbocycles.